The second-order valence-corrected chi connectivity index (χ2v) is 11.4. The highest BCUT2D eigenvalue weighted by molar-refractivity contribution is 6.29. The molecular weight excluding hydrogens is 572 g/mol. The summed E-state index contributed by atoms with van der Waals surface area (Å²) < 4.78 is 16.1. The molecule has 1 heterocycles. The number of phenols is 1. The number of phenolic OH excluding ortho intramolecular Hbond substituents is 1. The molecule has 1 aromatic rings. The number of aliphatic hydroxyl groups excluding tert-OH is 4. The number of ether oxygens (including phenoxy) is 3. The Balaban J connectivity index is 1.73. The topological polar surface area (TPSA) is 238 Å². The molecule has 0 unspecified atom stereocenters. The first-order chi connectivity index (χ1) is 20.0. The molecule has 10 atom stereocenters. The van der Waals surface area contributed by atoms with Gasteiger partial charge in [0, 0.05) is 42.5 Å². The second kappa shape index (κ2) is 10.3. The van der Waals surface area contributed by atoms with Crippen molar-refractivity contribution in [3.63, 3.8) is 0 Å². The predicted molar refractivity (Wildman–Crippen MR) is 140 cm³/mol. The smallest absolute Gasteiger partial charge is 0.303 e. The van der Waals surface area contributed by atoms with Crippen LogP contribution < -0.4 is 0 Å². The molecule has 43 heavy (non-hydrogen) atoms. The summed E-state index contributed by atoms with van der Waals surface area (Å²) >= 11 is 0. The predicted octanol–water partition coefficient (Wildman–Crippen LogP) is -1.34. The van der Waals surface area contributed by atoms with Crippen LogP contribution >= 0.6 is 0 Å². The number of carbonyl (C=O) groups is 4. The third-order valence-electron chi connectivity index (χ3n) is 8.73. The summed E-state index contributed by atoms with van der Waals surface area (Å²) in [6, 6.07) is 2.37. The second-order valence-electron chi connectivity index (χ2n) is 11.4. The van der Waals surface area contributed by atoms with Gasteiger partial charge in [-0.25, -0.2) is 0 Å². The SMILES string of the molecule is CC(=O)O[C@@H]1C(C)=C[C@H](O)[C@@]2(O)C3=C(C(=O)c4c(ccc([C@H]5C[C@@H](O)[C@H](O)[C@@H](C)O5)c4O)C3=O)[C@H](O)[C@H](OC(C)=O)[C@@]12O. The highest BCUT2D eigenvalue weighted by Crippen LogP contribution is 2.55. The standard InChI is InChI=1S/C29H32O14/c1-9-7-17(33)28(39)20-19(25(38)27(43-12(4)31)29(28,40)26(9)42-11(3)30)24(37)18-14(23(20)36)6-5-13(22(18)35)16-8-15(32)21(34)10(2)41-16/h5-7,10,15-17,21,25-27,32-35,38-40H,8H2,1-4H3/t10-,15-,16-,17+,21-,25+,26-,27+,28-,29+/m1/s1. The third-order valence-corrected chi connectivity index (χ3v) is 8.73. The number of carbonyl (C=O) groups excluding carboxylic acids is 4. The van der Waals surface area contributed by atoms with Gasteiger partial charge in [-0.3, -0.25) is 19.2 Å². The Morgan fingerprint density at radius 1 is 1.00 bits per heavy atom. The number of Topliss-reactive ketones (excluding diaryl/α,β-unsaturated/α-hetero) is 2. The Labute approximate surface area is 244 Å². The minimum Gasteiger partial charge on any atom is -0.507 e. The summed E-state index contributed by atoms with van der Waals surface area (Å²) in [5.41, 5.74) is -9.19. The van der Waals surface area contributed by atoms with Crippen LogP contribution in [0.5, 0.6) is 5.75 Å². The van der Waals surface area contributed by atoms with E-state index in [1.54, 1.807) is 0 Å². The Kier molecular flexibility index (Phi) is 7.41. The van der Waals surface area contributed by atoms with E-state index in [0.29, 0.717) is 0 Å². The van der Waals surface area contributed by atoms with Crippen molar-refractivity contribution < 1.29 is 69.1 Å². The van der Waals surface area contributed by atoms with Gasteiger partial charge in [-0.05, 0) is 25.5 Å². The molecule has 0 amide bonds. The molecule has 14 heteroatoms. The lowest BCUT2D eigenvalue weighted by Gasteiger charge is -2.58. The summed E-state index contributed by atoms with van der Waals surface area (Å²) in [6.07, 6.45) is -12.1. The van der Waals surface area contributed by atoms with Gasteiger partial charge in [-0.1, -0.05) is 12.1 Å². The van der Waals surface area contributed by atoms with Gasteiger partial charge in [0.05, 0.1) is 23.9 Å². The molecule has 0 saturated carbocycles. The Morgan fingerprint density at radius 2 is 1.63 bits per heavy atom. The maximum absolute atomic E-state index is 14.1. The van der Waals surface area contributed by atoms with Crippen LogP contribution in [0.3, 0.4) is 0 Å². The molecule has 7 N–H and O–H groups in total. The summed E-state index contributed by atoms with van der Waals surface area (Å²) in [4.78, 5) is 52.3. The first kappa shape index (κ1) is 30.9. The quantitative estimate of drug-likeness (QED) is 0.156. The normalized spacial score (nSPS) is 38.9. The van der Waals surface area contributed by atoms with Crippen molar-refractivity contribution in [2.45, 2.75) is 94.1 Å². The molecule has 1 aliphatic heterocycles. The van der Waals surface area contributed by atoms with Gasteiger partial charge in [-0.2, -0.15) is 0 Å². The molecule has 4 aliphatic rings. The van der Waals surface area contributed by atoms with E-state index in [2.05, 4.69) is 0 Å². The van der Waals surface area contributed by atoms with Crippen molar-refractivity contribution in [3.05, 3.63) is 51.6 Å². The molecule has 0 spiro atoms. The molecule has 232 valence electrons. The van der Waals surface area contributed by atoms with E-state index in [1.807, 2.05) is 0 Å². The van der Waals surface area contributed by atoms with Crippen LogP contribution in [0.25, 0.3) is 0 Å². The van der Waals surface area contributed by atoms with Crippen LogP contribution in [0.15, 0.2) is 34.9 Å². The zero-order valence-electron chi connectivity index (χ0n) is 23.5. The first-order valence-electron chi connectivity index (χ1n) is 13.5. The van der Waals surface area contributed by atoms with Crippen LogP contribution in [0, 0.1) is 0 Å². The fourth-order valence-electron chi connectivity index (χ4n) is 6.75. The van der Waals surface area contributed by atoms with E-state index < -0.39 is 112 Å². The monoisotopic (exact) mass is 604 g/mol. The largest absolute Gasteiger partial charge is 0.507 e. The van der Waals surface area contributed by atoms with E-state index in [1.165, 1.54) is 19.9 Å². The number of benzene rings is 1. The highest BCUT2D eigenvalue weighted by atomic mass is 16.6. The summed E-state index contributed by atoms with van der Waals surface area (Å²) in [5.74, 6) is -5.18. The summed E-state index contributed by atoms with van der Waals surface area (Å²) in [6.45, 7) is 4.70. The molecule has 14 nitrogen and oxygen atoms in total. The Bertz CT molecular complexity index is 1480. The molecule has 1 aromatic carbocycles. The third kappa shape index (κ3) is 4.20. The van der Waals surface area contributed by atoms with E-state index >= 15 is 0 Å². The molecule has 1 saturated heterocycles. The fraction of sp³-hybridized carbons (Fsp3) is 0.517. The summed E-state index contributed by atoms with van der Waals surface area (Å²) in [5, 5.41) is 78.5. The van der Waals surface area contributed by atoms with E-state index in [0.717, 1.165) is 26.0 Å². The average Bonchev–Trinajstić information content (AvgIpc) is 2.91. The van der Waals surface area contributed by atoms with Crippen molar-refractivity contribution >= 4 is 23.5 Å². The Hall–Kier alpha value is -3.50. The maximum atomic E-state index is 14.1. The van der Waals surface area contributed by atoms with E-state index in [9.17, 15) is 54.9 Å². The van der Waals surface area contributed by atoms with Crippen molar-refractivity contribution in [2.24, 2.45) is 0 Å². The lowest BCUT2D eigenvalue weighted by atomic mass is 9.54. The van der Waals surface area contributed by atoms with Gasteiger partial charge < -0.3 is 50.0 Å². The molecule has 1 fully saturated rings. The van der Waals surface area contributed by atoms with Gasteiger partial charge in [-0.15, -0.1) is 0 Å². The first-order valence-corrected chi connectivity index (χ1v) is 13.5. The molecule has 0 aromatic heterocycles. The minimum atomic E-state index is -3.18. The molecule has 3 aliphatic carbocycles. The number of aliphatic hydroxyl groups is 6. The molecule has 5 rings (SSSR count). The van der Waals surface area contributed by atoms with Crippen molar-refractivity contribution in [3.8, 4) is 5.75 Å². The van der Waals surface area contributed by atoms with Crippen molar-refractivity contribution in [1.29, 1.82) is 0 Å². The number of rotatable bonds is 3. The average molecular weight is 605 g/mol. The van der Waals surface area contributed by atoms with E-state index in [4.69, 9.17) is 14.2 Å². The van der Waals surface area contributed by atoms with Crippen molar-refractivity contribution in [1.82, 2.24) is 0 Å². The maximum Gasteiger partial charge on any atom is 0.303 e. The van der Waals surface area contributed by atoms with Crippen LogP contribution in [0.2, 0.25) is 0 Å². The van der Waals surface area contributed by atoms with Gasteiger partial charge in [0.2, 0.25) is 0 Å². The molecule has 0 radical (unpaired) electrons. The number of ketones is 2. The number of hydrogen-bond acceptors (Lipinski definition) is 14. The van der Waals surface area contributed by atoms with Gasteiger partial charge in [0.15, 0.2) is 35.0 Å². The van der Waals surface area contributed by atoms with Gasteiger partial charge in [0.1, 0.15) is 24.1 Å². The number of hydrogen-bond donors (Lipinski definition) is 7. The number of aromatic hydroxyl groups is 1. The Morgan fingerprint density at radius 3 is 2.21 bits per heavy atom. The van der Waals surface area contributed by atoms with Crippen molar-refractivity contribution in [2.75, 3.05) is 0 Å². The van der Waals surface area contributed by atoms with Gasteiger partial charge in [0.25, 0.3) is 0 Å². The highest BCUT2D eigenvalue weighted by Gasteiger charge is 2.75. The van der Waals surface area contributed by atoms with Crippen LogP contribution in [0.4, 0.5) is 0 Å². The van der Waals surface area contributed by atoms with Crippen LogP contribution in [-0.2, 0) is 23.8 Å². The number of esters is 2. The zero-order chi connectivity index (χ0) is 31.9. The fourth-order valence-corrected chi connectivity index (χ4v) is 6.75. The lowest BCUT2D eigenvalue weighted by Crippen LogP contribution is -2.80. The number of fused-ring (bicyclic) bond motifs is 3. The minimum absolute atomic E-state index is 0.0189. The summed E-state index contributed by atoms with van der Waals surface area (Å²) in [7, 11) is 0. The van der Waals surface area contributed by atoms with Crippen LogP contribution in [0.1, 0.15) is 66.5 Å². The lowest BCUT2D eigenvalue weighted by molar-refractivity contribution is -0.277. The van der Waals surface area contributed by atoms with Crippen LogP contribution in [-0.4, -0.2) is 113 Å². The van der Waals surface area contributed by atoms with E-state index in [-0.39, 0.29) is 17.6 Å². The molecule has 0 bridgehead atoms. The van der Waals surface area contributed by atoms with Gasteiger partial charge >= 0.3 is 11.9 Å². The molecular formula is C29H32O14. The zero-order valence-corrected chi connectivity index (χ0v) is 23.5.